The molecular formula is C18H16ClNO4. The summed E-state index contributed by atoms with van der Waals surface area (Å²) in [6.07, 6.45) is 2.89. The van der Waals surface area contributed by atoms with Crippen LogP contribution < -0.4 is 10.1 Å². The largest absolute Gasteiger partial charge is 0.495 e. The van der Waals surface area contributed by atoms with Crippen LogP contribution in [0.1, 0.15) is 5.56 Å². The Bertz CT molecular complexity index is 744. The number of esters is 1. The summed E-state index contributed by atoms with van der Waals surface area (Å²) >= 11 is 5.97. The summed E-state index contributed by atoms with van der Waals surface area (Å²) in [5.41, 5.74) is 1.36. The van der Waals surface area contributed by atoms with Crippen molar-refractivity contribution in [3.63, 3.8) is 0 Å². The summed E-state index contributed by atoms with van der Waals surface area (Å²) in [7, 11) is 1.50. The number of carbonyl (C=O) groups excluding carboxylic acids is 2. The molecule has 1 amide bonds. The monoisotopic (exact) mass is 345 g/mol. The summed E-state index contributed by atoms with van der Waals surface area (Å²) in [6.45, 7) is -0.387. The molecule has 2 rings (SSSR count). The Morgan fingerprint density at radius 2 is 1.92 bits per heavy atom. The maximum atomic E-state index is 11.8. The molecule has 124 valence electrons. The van der Waals surface area contributed by atoms with Gasteiger partial charge in [-0.1, -0.05) is 41.9 Å². The van der Waals surface area contributed by atoms with Gasteiger partial charge in [0.1, 0.15) is 5.75 Å². The predicted octanol–water partition coefficient (Wildman–Crippen LogP) is 3.54. The number of amides is 1. The van der Waals surface area contributed by atoms with Crippen LogP contribution in [0.2, 0.25) is 5.02 Å². The fourth-order valence-corrected chi connectivity index (χ4v) is 2.11. The molecule has 5 nitrogen and oxygen atoms in total. The van der Waals surface area contributed by atoms with Crippen molar-refractivity contribution >= 4 is 35.2 Å². The smallest absolute Gasteiger partial charge is 0.331 e. The normalized spacial score (nSPS) is 10.4. The zero-order valence-corrected chi connectivity index (χ0v) is 13.7. The highest BCUT2D eigenvalue weighted by Crippen LogP contribution is 2.27. The Balaban J connectivity index is 1.81. The maximum Gasteiger partial charge on any atom is 0.331 e. The zero-order valence-electron chi connectivity index (χ0n) is 13.0. The molecule has 0 saturated carbocycles. The predicted molar refractivity (Wildman–Crippen MR) is 93.1 cm³/mol. The highest BCUT2D eigenvalue weighted by atomic mass is 35.5. The molecule has 2 aromatic carbocycles. The SMILES string of the molecule is COc1ccc(NC(=O)COC(=O)/C=C/c2ccccc2)cc1Cl. The number of methoxy groups -OCH3 is 1. The van der Waals surface area contributed by atoms with Crippen molar-refractivity contribution in [1.82, 2.24) is 0 Å². The van der Waals surface area contributed by atoms with Crippen molar-refractivity contribution in [2.45, 2.75) is 0 Å². The van der Waals surface area contributed by atoms with E-state index in [1.807, 2.05) is 30.3 Å². The number of hydrogen-bond acceptors (Lipinski definition) is 4. The van der Waals surface area contributed by atoms with Gasteiger partial charge in [0.25, 0.3) is 5.91 Å². The van der Waals surface area contributed by atoms with Gasteiger partial charge in [-0.25, -0.2) is 4.79 Å². The quantitative estimate of drug-likeness (QED) is 0.642. The van der Waals surface area contributed by atoms with Gasteiger partial charge in [0.05, 0.1) is 12.1 Å². The van der Waals surface area contributed by atoms with Gasteiger partial charge in [-0.05, 0) is 29.8 Å². The minimum absolute atomic E-state index is 0.373. The minimum atomic E-state index is -0.596. The molecule has 0 aromatic heterocycles. The molecule has 1 N–H and O–H groups in total. The van der Waals surface area contributed by atoms with Crippen LogP contribution in [0.15, 0.2) is 54.6 Å². The van der Waals surface area contributed by atoms with E-state index in [0.717, 1.165) is 5.56 Å². The number of benzene rings is 2. The van der Waals surface area contributed by atoms with Crippen LogP contribution in [0.3, 0.4) is 0 Å². The number of rotatable bonds is 6. The van der Waals surface area contributed by atoms with Gasteiger partial charge in [0.2, 0.25) is 0 Å². The summed E-state index contributed by atoms with van der Waals surface area (Å²) in [6, 6.07) is 14.1. The van der Waals surface area contributed by atoms with Crippen LogP contribution >= 0.6 is 11.6 Å². The molecule has 0 atom stereocenters. The fourth-order valence-electron chi connectivity index (χ4n) is 1.85. The zero-order chi connectivity index (χ0) is 17.4. The van der Waals surface area contributed by atoms with Crippen molar-refractivity contribution in [1.29, 1.82) is 0 Å². The number of hydrogen-bond donors (Lipinski definition) is 1. The third kappa shape index (κ3) is 5.44. The first-order valence-corrected chi connectivity index (χ1v) is 7.49. The van der Waals surface area contributed by atoms with Gasteiger partial charge >= 0.3 is 5.97 Å². The van der Waals surface area contributed by atoms with Crippen molar-refractivity contribution in [2.24, 2.45) is 0 Å². The lowest BCUT2D eigenvalue weighted by Crippen LogP contribution is -2.20. The first-order valence-electron chi connectivity index (χ1n) is 7.12. The highest BCUT2D eigenvalue weighted by molar-refractivity contribution is 6.32. The molecule has 0 aliphatic heterocycles. The van der Waals surface area contributed by atoms with E-state index in [-0.39, 0.29) is 6.61 Å². The Morgan fingerprint density at radius 3 is 2.58 bits per heavy atom. The van der Waals surface area contributed by atoms with Gasteiger partial charge in [0.15, 0.2) is 6.61 Å². The van der Waals surface area contributed by atoms with E-state index in [2.05, 4.69) is 5.32 Å². The van der Waals surface area contributed by atoms with Gasteiger partial charge in [-0.15, -0.1) is 0 Å². The number of ether oxygens (including phenoxy) is 2. The lowest BCUT2D eigenvalue weighted by molar-refractivity contribution is -0.142. The van der Waals surface area contributed by atoms with Crippen LogP contribution in [0.25, 0.3) is 6.08 Å². The summed E-state index contributed by atoms with van der Waals surface area (Å²) in [4.78, 5) is 23.4. The molecule has 24 heavy (non-hydrogen) atoms. The third-order valence-corrected chi connectivity index (χ3v) is 3.29. The Kier molecular flexibility index (Phi) is 6.40. The number of halogens is 1. The molecule has 0 aliphatic carbocycles. The average molecular weight is 346 g/mol. The lowest BCUT2D eigenvalue weighted by atomic mass is 10.2. The number of anilines is 1. The second-order valence-electron chi connectivity index (χ2n) is 4.75. The molecule has 2 aromatic rings. The minimum Gasteiger partial charge on any atom is -0.495 e. The molecule has 0 unspecified atom stereocenters. The molecule has 0 fully saturated rings. The second-order valence-corrected chi connectivity index (χ2v) is 5.16. The van der Waals surface area contributed by atoms with E-state index in [9.17, 15) is 9.59 Å². The Labute approximate surface area is 144 Å². The Hall–Kier alpha value is -2.79. The van der Waals surface area contributed by atoms with Crippen LogP contribution in [0.5, 0.6) is 5.75 Å². The second kappa shape index (κ2) is 8.74. The lowest BCUT2D eigenvalue weighted by Gasteiger charge is -2.08. The number of carbonyl (C=O) groups is 2. The summed E-state index contributed by atoms with van der Waals surface area (Å²) < 4.78 is 9.90. The van der Waals surface area contributed by atoms with Crippen molar-refractivity contribution in [3.05, 3.63) is 65.2 Å². The maximum absolute atomic E-state index is 11.8. The first-order chi connectivity index (χ1) is 11.6. The van der Waals surface area contributed by atoms with Gasteiger partial charge in [-0.3, -0.25) is 4.79 Å². The van der Waals surface area contributed by atoms with Crippen molar-refractivity contribution in [3.8, 4) is 5.75 Å². The fraction of sp³-hybridized carbons (Fsp3) is 0.111. The van der Waals surface area contributed by atoms with Crippen molar-refractivity contribution in [2.75, 3.05) is 19.0 Å². The van der Waals surface area contributed by atoms with Gasteiger partial charge in [0, 0.05) is 11.8 Å². The van der Waals surface area contributed by atoms with Crippen molar-refractivity contribution < 1.29 is 19.1 Å². The van der Waals surface area contributed by atoms with Crippen LogP contribution in [0, 0.1) is 0 Å². The van der Waals surface area contributed by atoms with Gasteiger partial charge < -0.3 is 14.8 Å². The third-order valence-electron chi connectivity index (χ3n) is 2.99. The van der Waals surface area contributed by atoms with E-state index < -0.39 is 11.9 Å². The first kappa shape index (κ1) is 17.6. The molecule has 0 heterocycles. The molecular weight excluding hydrogens is 330 g/mol. The molecule has 0 saturated heterocycles. The molecule has 0 spiro atoms. The van der Waals surface area contributed by atoms with E-state index in [4.69, 9.17) is 21.1 Å². The van der Waals surface area contributed by atoms with Crippen LogP contribution in [-0.2, 0) is 14.3 Å². The van der Waals surface area contributed by atoms with E-state index in [1.165, 1.54) is 13.2 Å². The van der Waals surface area contributed by atoms with E-state index >= 15 is 0 Å². The average Bonchev–Trinajstić information content (AvgIpc) is 2.59. The molecule has 0 radical (unpaired) electrons. The van der Waals surface area contributed by atoms with Gasteiger partial charge in [-0.2, -0.15) is 0 Å². The van der Waals surface area contributed by atoms with Crippen LogP contribution in [0.4, 0.5) is 5.69 Å². The highest BCUT2D eigenvalue weighted by Gasteiger charge is 2.07. The van der Waals surface area contributed by atoms with E-state index in [0.29, 0.717) is 16.5 Å². The standard InChI is InChI=1S/C18H16ClNO4/c1-23-16-9-8-14(11-15(16)19)20-17(21)12-24-18(22)10-7-13-5-3-2-4-6-13/h2-11H,12H2,1H3,(H,20,21)/b10-7+. The van der Waals surface area contributed by atoms with E-state index in [1.54, 1.807) is 24.3 Å². The number of nitrogens with one attached hydrogen (secondary N) is 1. The molecule has 0 bridgehead atoms. The van der Waals surface area contributed by atoms with Crippen LogP contribution in [-0.4, -0.2) is 25.6 Å². The topological polar surface area (TPSA) is 64.6 Å². The molecule has 6 heteroatoms. The summed E-state index contributed by atoms with van der Waals surface area (Å²) in [5.74, 6) is -0.549. The molecule has 0 aliphatic rings. The summed E-state index contributed by atoms with van der Waals surface area (Å²) in [5, 5.41) is 2.96. The Morgan fingerprint density at radius 1 is 1.17 bits per heavy atom.